The normalized spacial score (nSPS) is 20.0. The zero-order valence-electron chi connectivity index (χ0n) is 17.8. The number of piperidine rings is 1. The van der Waals surface area contributed by atoms with Gasteiger partial charge in [0, 0.05) is 26.2 Å². The van der Waals surface area contributed by atoms with Crippen molar-refractivity contribution in [2.75, 3.05) is 33.3 Å². The minimum absolute atomic E-state index is 0.00301. The van der Waals surface area contributed by atoms with Gasteiger partial charge in [-0.25, -0.2) is 8.42 Å². The second kappa shape index (κ2) is 8.80. The molecule has 1 atom stereocenters. The summed E-state index contributed by atoms with van der Waals surface area (Å²) < 4.78 is 38.5. The average Bonchev–Trinajstić information content (AvgIpc) is 3.45. The smallest absolute Gasteiger partial charge is 0.263 e. The van der Waals surface area contributed by atoms with Gasteiger partial charge in [0.05, 0.1) is 7.11 Å². The van der Waals surface area contributed by atoms with Gasteiger partial charge in [0.25, 0.3) is 15.9 Å². The fourth-order valence-electron chi connectivity index (χ4n) is 4.44. The summed E-state index contributed by atoms with van der Waals surface area (Å²) in [5.41, 5.74) is -0.00301. The van der Waals surface area contributed by atoms with E-state index in [9.17, 15) is 13.2 Å². The summed E-state index contributed by atoms with van der Waals surface area (Å²) in [5, 5.41) is 1.79. The molecule has 7 nitrogen and oxygen atoms in total. The van der Waals surface area contributed by atoms with Crippen molar-refractivity contribution in [3.05, 3.63) is 41.8 Å². The maximum atomic E-state index is 12.9. The summed E-state index contributed by atoms with van der Waals surface area (Å²) >= 11 is 1.25. The van der Waals surface area contributed by atoms with Gasteiger partial charge in [-0.3, -0.25) is 4.79 Å². The quantitative estimate of drug-likeness (QED) is 0.656. The van der Waals surface area contributed by atoms with Crippen LogP contribution in [0.5, 0.6) is 11.5 Å². The molecule has 2 fully saturated rings. The number of carbonyl (C=O) groups is 1. The van der Waals surface area contributed by atoms with Gasteiger partial charge >= 0.3 is 0 Å². The number of benzene rings is 1. The standard InChI is InChI=1S/C22H28N2O5S2/c1-17(29-19-7-5-18(28-2)6-8-19)21(25)23-12-9-22(16-23)10-13-24(14-11-22)31(26,27)20-4-3-15-30-20/h3-8,15,17H,9-14,16H2,1-2H3. The third-order valence-corrected chi connectivity index (χ3v) is 9.61. The molecule has 0 saturated carbocycles. The Hall–Kier alpha value is -2.10. The van der Waals surface area contributed by atoms with Crippen LogP contribution in [-0.4, -0.2) is 62.9 Å². The summed E-state index contributed by atoms with van der Waals surface area (Å²) in [6.07, 6.45) is 1.87. The molecule has 2 saturated heterocycles. The predicted octanol–water partition coefficient (Wildman–Crippen LogP) is 3.23. The number of amides is 1. The van der Waals surface area contributed by atoms with E-state index < -0.39 is 16.1 Å². The Balaban J connectivity index is 1.33. The van der Waals surface area contributed by atoms with Gasteiger partial charge in [0.15, 0.2) is 6.10 Å². The number of ether oxygens (including phenoxy) is 2. The van der Waals surface area contributed by atoms with E-state index in [2.05, 4.69) is 0 Å². The zero-order valence-corrected chi connectivity index (χ0v) is 19.5. The summed E-state index contributed by atoms with van der Waals surface area (Å²) in [6, 6.07) is 10.6. The molecule has 0 aliphatic carbocycles. The summed E-state index contributed by atoms with van der Waals surface area (Å²) in [4.78, 5) is 14.8. The minimum Gasteiger partial charge on any atom is -0.497 e. The first kappa shape index (κ1) is 22.1. The highest BCUT2D eigenvalue weighted by atomic mass is 32.2. The van der Waals surface area contributed by atoms with Crippen LogP contribution in [0.1, 0.15) is 26.2 Å². The molecule has 1 aromatic heterocycles. The van der Waals surface area contributed by atoms with E-state index in [-0.39, 0.29) is 11.3 Å². The molecule has 4 rings (SSSR count). The molecule has 0 bridgehead atoms. The molecule has 3 heterocycles. The average molecular weight is 465 g/mol. The lowest BCUT2D eigenvalue weighted by Gasteiger charge is -2.38. The van der Waals surface area contributed by atoms with Crippen LogP contribution in [0.4, 0.5) is 0 Å². The second-order valence-corrected chi connectivity index (χ2v) is 11.4. The Morgan fingerprint density at radius 1 is 1.06 bits per heavy atom. The number of rotatable bonds is 6. The van der Waals surface area contributed by atoms with E-state index in [4.69, 9.17) is 9.47 Å². The van der Waals surface area contributed by atoms with Crippen molar-refractivity contribution < 1.29 is 22.7 Å². The van der Waals surface area contributed by atoms with Gasteiger partial charge in [-0.15, -0.1) is 11.3 Å². The van der Waals surface area contributed by atoms with Crippen LogP contribution in [0.25, 0.3) is 0 Å². The van der Waals surface area contributed by atoms with Crippen LogP contribution in [0.2, 0.25) is 0 Å². The molecule has 0 N–H and O–H groups in total. The molecule has 2 aliphatic heterocycles. The van der Waals surface area contributed by atoms with Crippen LogP contribution < -0.4 is 9.47 Å². The molecule has 168 valence electrons. The lowest BCUT2D eigenvalue weighted by Crippen LogP contribution is -2.45. The number of likely N-dealkylation sites (tertiary alicyclic amines) is 1. The van der Waals surface area contributed by atoms with Crippen LogP contribution in [0.3, 0.4) is 0 Å². The molecule has 1 spiro atoms. The fourth-order valence-corrected chi connectivity index (χ4v) is 7.02. The third-order valence-electron chi connectivity index (χ3n) is 6.34. The number of thiophene rings is 1. The highest BCUT2D eigenvalue weighted by Crippen LogP contribution is 2.42. The Kier molecular flexibility index (Phi) is 6.27. The Bertz CT molecular complexity index is 997. The van der Waals surface area contributed by atoms with Gasteiger partial charge < -0.3 is 14.4 Å². The first-order valence-corrected chi connectivity index (χ1v) is 12.8. The lowest BCUT2D eigenvalue weighted by molar-refractivity contribution is -0.137. The number of methoxy groups -OCH3 is 1. The number of nitrogens with zero attached hydrogens (tertiary/aromatic N) is 2. The van der Waals surface area contributed by atoms with E-state index in [1.54, 1.807) is 60.1 Å². The van der Waals surface area contributed by atoms with Gasteiger partial charge in [-0.1, -0.05) is 6.07 Å². The maximum absolute atomic E-state index is 12.9. The van der Waals surface area contributed by atoms with Gasteiger partial charge in [0.2, 0.25) is 0 Å². The molecule has 1 unspecified atom stereocenters. The summed E-state index contributed by atoms with van der Waals surface area (Å²) in [6.45, 7) is 4.12. The molecule has 9 heteroatoms. The number of hydrogen-bond donors (Lipinski definition) is 0. The molecular formula is C22H28N2O5S2. The molecule has 31 heavy (non-hydrogen) atoms. The van der Waals surface area contributed by atoms with Gasteiger partial charge in [-0.2, -0.15) is 4.31 Å². The van der Waals surface area contributed by atoms with E-state index in [0.29, 0.717) is 36.1 Å². The monoisotopic (exact) mass is 464 g/mol. The zero-order chi connectivity index (χ0) is 22.1. The van der Waals surface area contributed by atoms with Crippen LogP contribution >= 0.6 is 11.3 Å². The van der Waals surface area contributed by atoms with E-state index in [1.165, 1.54) is 11.3 Å². The predicted molar refractivity (Wildman–Crippen MR) is 119 cm³/mol. The largest absolute Gasteiger partial charge is 0.497 e. The van der Waals surface area contributed by atoms with Crippen molar-refractivity contribution in [3.63, 3.8) is 0 Å². The number of carbonyl (C=O) groups excluding carboxylic acids is 1. The molecule has 2 aliphatic rings. The summed E-state index contributed by atoms with van der Waals surface area (Å²) in [5.74, 6) is 1.34. The Morgan fingerprint density at radius 3 is 2.32 bits per heavy atom. The van der Waals surface area contributed by atoms with E-state index in [1.807, 2.05) is 4.90 Å². The summed E-state index contributed by atoms with van der Waals surface area (Å²) in [7, 11) is -1.80. The number of sulfonamides is 1. The van der Waals surface area contributed by atoms with Gasteiger partial charge in [-0.05, 0) is 67.3 Å². The van der Waals surface area contributed by atoms with E-state index in [0.717, 1.165) is 25.0 Å². The second-order valence-electron chi connectivity index (χ2n) is 8.28. The van der Waals surface area contributed by atoms with Crippen LogP contribution in [0, 0.1) is 5.41 Å². The first-order chi connectivity index (χ1) is 14.8. The van der Waals surface area contributed by atoms with Crippen LogP contribution in [0.15, 0.2) is 46.0 Å². The van der Waals surface area contributed by atoms with Crippen molar-refractivity contribution in [1.29, 1.82) is 0 Å². The fraction of sp³-hybridized carbons (Fsp3) is 0.500. The topological polar surface area (TPSA) is 76.2 Å². The first-order valence-electron chi connectivity index (χ1n) is 10.5. The number of hydrogen-bond acceptors (Lipinski definition) is 6. The van der Waals surface area contributed by atoms with Gasteiger partial charge in [0.1, 0.15) is 15.7 Å². The van der Waals surface area contributed by atoms with Crippen molar-refractivity contribution >= 4 is 27.3 Å². The van der Waals surface area contributed by atoms with E-state index >= 15 is 0 Å². The SMILES string of the molecule is COc1ccc(OC(C)C(=O)N2CCC3(CCN(S(=O)(=O)c4cccs4)CC3)C2)cc1. The minimum atomic E-state index is -3.41. The highest BCUT2D eigenvalue weighted by molar-refractivity contribution is 7.91. The molecular weight excluding hydrogens is 436 g/mol. The third kappa shape index (κ3) is 4.58. The van der Waals surface area contributed by atoms with Crippen LogP contribution in [-0.2, 0) is 14.8 Å². The Morgan fingerprint density at radius 2 is 1.71 bits per heavy atom. The molecule has 1 amide bonds. The lowest BCUT2D eigenvalue weighted by atomic mass is 9.78. The van der Waals surface area contributed by atoms with Crippen molar-refractivity contribution in [2.24, 2.45) is 5.41 Å². The molecule has 0 radical (unpaired) electrons. The molecule has 1 aromatic carbocycles. The highest BCUT2D eigenvalue weighted by Gasteiger charge is 2.45. The van der Waals surface area contributed by atoms with Crippen molar-refractivity contribution in [1.82, 2.24) is 9.21 Å². The van der Waals surface area contributed by atoms with Crippen molar-refractivity contribution in [2.45, 2.75) is 36.5 Å². The maximum Gasteiger partial charge on any atom is 0.263 e. The Labute approximate surface area is 187 Å². The van der Waals surface area contributed by atoms with Crippen molar-refractivity contribution in [3.8, 4) is 11.5 Å². The molecule has 2 aromatic rings.